The van der Waals surface area contributed by atoms with E-state index in [1.807, 2.05) is 6.92 Å². The smallest absolute Gasteiger partial charge is 0.326 e. The zero-order valence-corrected chi connectivity index (χ0v) is 10.5. The van der Waals surface area contributed by atoms with Gasteiger partial charge in [0.15, 0.2) is 0 Å². The average molecular weight is 258 g/mol. The van der Waals surface area contributed by atoms with Gasteiger partial charge in [-0.25, -0.2) is 14.8 Å². The number of hydrogen-bond acceptors (Lipinski definition) is 4. The fourth-order valence-corrected chi connectivity index (χ4v) is 1.43. The van der Waals surface area contributed by atoms with Crippen LogP contribution in [-0.2, 0) is 0 Å². The van der Waals surface area contributed by atoms with Crippen molar-refractivity contribution in [2.75, 3.05) is 17.2 Å². The van der Waals surface area contributed by atoms with Crippen LogP contribution in [0.15, 0.2) is 42.7 Å². The van der Waals surface area contributed by atoms with Crippen LogP contribution in [-0.4, -0.2) is 22.6 Å². The molecule has 2 aromatic rings. The summed E-state index contributed by atoms with van der Waals surface area (Å²) in [6.45, 7) is 2.53. The molecule has 2 N–H and O–H groups in total. The zero-order chi connectivity index (χ0) is 13.5. The van der Waals surface area contributed by atoms with E-state index in [9.17, 15) is 4.79 Å². The van der Waals surface area contributed by atoms with Gasteiger partial charge >= 0.3 is 6.03 Å². The molecule has 0 aliphatic heterocycles. The topological polar surface area (TPSA) is 76.1 Å². The molecule has 0 aliphatic carbocycles. The summed E-state index contributed by atoms with van der Waals surface area (Å²) in [6.07, 6.45) is 3.11. The van der Waals surface area contributed by atoms with E-state index in [2.05, 4.69) is 20.6 Å². The summed E-state index contributed by atoms with van der Waals surface area (Å²) in [5.41, 5.74) is 0.664. The van der Waals surface area contributed by atoms with Crippen LogP contribution in [0.2, 0.25) is 0 Å². The van der Waals surface area contributed by atoms with E-state index >= 15 is 0 Å². The number of nitrogens with zero attached hydrogens (tertiary/aromatic N) is 2. The summed E-state index contributed by atoms with van der Waals surface area (Å²) >= 11 is 0. The summed E-state index contributed by atoms with van der Waals surface area (Å²) in [7, 11) is 0. The highest BCUT2D eigenvalue weighted by Gasteiger charge is 2.03. The summed E-state index contributed by atoms with van der Waals surface area (Å²) in [5, 5.41) is 5.20. The number of aromatic nitrogens is 2. The summed E-state index contributed by atoms with van der Waals surface area (Å²) in [6, 6.07) is 8.38. The Bertz CT molecular complexity index is 528. The molecule has 6 nitrogen and oxygen atoms in total. The Balaban J connectivity index is 1.91. The maximum absolute atomic E-state index is 11.7. The van der Waals surface area contributed by atoms with Gasteiger partial charge in [-0.15, -0.1) is 0 Å². The van der Waals surface area contributed by atoms with Crippen molar-refractivity contribution in [2.24, 2.45) is 0 Å². The first-order chi connectivity index (χ1) is 9.28. The number of amides is 2. The Hall–Kier alpha value is -2.63. The average Bonchev–Trinajstić information content (AvgIpc) is 2.42. The Kier molecular flexibility index (Phi) is 4.28. The fourth-order valence-electron chi connectivity index (χ4n) is 1.43. The van der Waals surface area contributed by atoms with Gasteiger partial charge in [-0.1, -0.05) is 0 Å². The molecule has 98 valence electrons. The van der Waals surface area contributed by atoms with Crippen molar-refractivity contribution < 1.29 is 9.53 Å². The quantitative estimate of drug-likeness (QED) is 0.883. The first kappa shape index (κ1) is 12.8. The first-order valence-electron chi connectivity index (χ1n) is 5.86. The second-order valence-corrected chi connectivity index (χ2v) is 3.61. The van der Waals surface area contributed by atoms with Crippen molar-refractivity contribution >= 4 is 17.7 Å². The second-order valence-electron chi connectivity index (χ2n) is 3.61. The van der Waals surface area contributed by atoms with Gasteiger partial charge in [0.2, 0.25) is 5.95 Å². The van der Waals surface area contributed by atoms with E-state index in [-0.39, 0.29) is 5.95 Å². The molecule has 1 aromatic heterocycles. The lowest BCUT2D eigenvalue weighted by Gasteiger charge is -2.07. The number of carbonyl (C=O) groups is 1. The number of ether oxygens (including phenoxy) is 1. The number of carbonyl (C=O) groups excluding carboxylic acids is 1. The summed E-state index contributed by atoms with van der Waals surface area (Å²) in [4.78, 5) is 19.5. The van der Waals surface area contributed by atoms with Crippen LogP contribution in [0, 0.1) is 0 Å². The van der Waals surface area contributed by atoms with E-state index in [0.29, 0.717) is 12.3 Å². The van der Waals surface area contributed by atoms with E-state index < -0.39 is 6.03 Å². The molecule has 1 heterocycles. The van der Waals surface area contributed by atoms with Crippen molar-refractivity contribution in [2.45, 2.75) is 6.92 Å². The number of urea groups is 1. The van der Waals surface area contributed by atoms with Crippen LogP contribution in [0.1, 0.15) is 6.92 Å². The Morgan fingerprint density at radius 2 is 1.84 bits per heavy atom. The van der Waals surface area contributed by atoms with Crippen molar-refractivity contribution in [3.8, 4) is 5.75 Å². The Morgan fingerprint density at radius 3 is 2.47 bits per heavy atom. The van der Waals surface area contributed by atoms with Crippen LogP contribution in [0.4, 0.5) is 16.4 Å². The van der Waals surface area contributed by atoms with Crippen molar-refractivity contribution in [3.63, 3.8) is 0 Å². The SMILES string of the molecule is CCOc1ccc(NC(=O)Nc2ncccn2)cc1. The molecule has 6 heteroatoms. The maximum atomic E-state index is 11.7. The monoisotopic (exact) mass is 258 g/mol. The van der Waals surface area contributed by atoms with Crippen molar-refractivity contribution in [1.29, 1.82) is 0 Å². The minimum atomic E-state index is -0.393. The van der Waals surface area contributed by atoms with Crippen LogP contribution < -0.4 is 15.4 Å². The van der Waals surface area contributed by atoms with Gasteiger partial charge in [0, 0.05) is 18.1 Å². The number of nitrogens with one attached hydrogen (secondary N) is 2. The van der Waals surface area contributed by atoms with E-state index in [1.165, 1.54) is 0 Å². The number of anilines is 2. The van der Waals surface area contributed by atoms with Crippen LogP contribution in [0.5, 0.6) is 5.75 Å². The van der Waals surface area contributed by atoms with Gasteiger partial charge in [0.25, 0.3) is 0 Å². The number of benzene rings is 1. The van der Waals surface area contributed by atoms with E-state index in [4.69, 9.17) is 4.74 Å². The maximum Gasteiger partial charge on any atom is 0.326 e. The minimum Gasteiger partial charge on any atom is -0.494 e. The van der Waals surface area contributed by atoms with Crippen molar-refractivity contribution in [3.05, 3.63) is 42.7 Å². The molecule has 0 aliphatic rings. The molecule has 0 atom stereocenters. The number of rotatable bonds is 4. The fraction of sp³-hybridized carbons (Fsp3) is 0.154. The zero-order valence-electron chi connectivity index (χ0n) is 10.5. The third kappa shape index (κ3) is 3.95. The molecule has 0 fully saturated rings. The molecule has 0 bridgehead atoms. The molecule has 0 unspecified atom stereocenters. The van der Waals surface area contributed by atoms with Crippen LogP contribution in [0.25, 0.3) is 0 Å². The molecule has 0 spiro atoms. The lowest BCUT2D eigenvalue weighted by Crippen LogP contribution is -2.20. The van der Waals surface area contributed by atoms with Crippen molar-refractivity contribution in [1.82, 2.24) is 9.97 Å². The van der Waals surface area contributed by atoms with E-state index in [0.717, 1.165) is 5.75 Å². The lowest BCUT2D eigenvalue weighted by atomic mass is 10.3. The van der Waals surface area contributed by atoms with Gasteiger partial charge in [0.1, 0.15) is 5.75 Å². The Morgan fingerprint density at radius 1 is 1.16 bits per heavy atom. The van der Waals surface area contributed by atoms with Crippen LogP contribution >= 0.6 is 0 Å². The number of hydrogen-bond donors (Lipinski definition) is 2. The van der Waals surface area contributed by atoms with Gasteiger partial charge < -0.3 is 10.1 Å². The summed E-state index contributed by atoms with van der Waals surface area (Å²) < 4.78 is 5.31. The molecule has 0 saturated carbocycles. The highest BCUT2D eigenvalue weighted by molar-refractivity contribution is 5.98. The van der Waals surface area contributed by atoms with Gasteiger partial charge in [-0.05, 0) is 37.3 Å². The highest BCUT2D eigenvalue weighted by atomic mass is 16.5. The minimum absolute atomic E-state index is 0.255. The third-order valence-corrected chi connectivity index (χ3v) is 2.21. The molecule has 19 heavy (non-hydrogen) atoms. The van der Waals surface area contributed by atoms with Crippen LogP contribution in [0.3, 0.4) is 0 Å². The molecule has 2 amide bonds. The van der Waals surface area contributed by atoms with E-state index in [1.54, 1.807) is 42.7 Å². The summed E-state index contributed by atoms with van der Waals surface area (Å²) in [5.74, 6) is 1.02. The molecule has 1 aromatic carbocycles. The largest absolute Gasteiger partial charge is 0.494 e. The van der Waals surface area contributed by atoms with Gasteiger partial charge in [-0.2, -0.15) is 0 Å². The molecular weight excluding hydrogens is 244 g/mol. The molecule has 0 radical (unpaired) electrons. The molecule has 0 saturated heterocycles. The highest BCUT2D eigenvalue weighted by Crippen LogP contribution is 2.15. The first-order valence-corrected chi connectivity index (χ1v) is 5.86. The lowest BCUT2D eigenvalue weighted by molar-refractivity contribution is 0.262. The standard InChI is InChI=1S/C13H14N4O2/c1-2-19-11-6-4-10(5-7-11)16-13(18)17-12-14-8-3-9-15-12/h3-9H,2H2,1H3,(H2,14,15,16,17,18). The predicted molar refractivity (Wildman–Crippen MR) is 72.3 cm³/mol. The van der Waals surface area contributed by atoms with Gasteiger partial charge in [0.05, 0.1) is 6.61 Å². The third-order valence-electron chi connectivity index (χ3n) is 2.21. The molecule has 2 rings (SSSR count). The molecular formula is C13H14N4O2. The second kappa shape index (κ2) is 6.34. The Labute approximate surface area is 110 Å². The van der Waals surface area contributed by atoms with Gasteiger partial charge in [-0.3, -0.25) is 5.32 Å². The predicted octanol–water partition coefficient (Wildman–Crippen LogP) is 2.52. The normalized spacial score (nSPS) is 9.74.